The van der Waals surface area contributed by atoms with Gasteiger partial charge in [0.2, 0.25) is 0 Å². The lowest BCUT2D eigenvalue weighted by atomic mass is 10.3. The number of carbonyl (C=O) groups is 1. The molecule has 1 heterocycles. The maximum absolute atomic E-state index is 12.1. The predicted octanol–water partition coefficient (Wildman–Crippen LogP) is -1.75. The predicted molar refractivity (Wildman–Crippen MR) is 95.1 cm³/mol. The van der Waals surface area contributed by atoms with Gasteiger partial charge in [-0.05, 0) is 14.0 Å². The molecule has 0 spiro atoms. The molecule has 1 rings (SSSR count). The summed E-state index contributed by atoms with van der Waals surface area (Å²) in [5, 5.41) is 5.36. The van der Waals surface area contributed by atoms with Crippen molar-refractivity contribution in [3.05, 3.63) is 11.4 Å². The van der Waals surface area contributed by atoms with Gasteiger partial charge in [-0.1, -0.05) is 0 Å². The Bertz CT molecular complexity index is 594. The quantitative estimate of drug-likeness (QED) is 0.185. The highest BCUT2D eigenvalue weighted by Crippen LogP contribution is 2.11. The van der Waals surface area contributed by atoms with Gasteiger partial charge in [-0.25, -0.2) is 9.97 Å². The lowest BCUT2D eigenvalue weighted by molar-refractivity contribution is 0.0524. The van der Waals surface area contributed by atoms with Crippen molar-refractivity contribution in [1.82, 2.24) is 20.6 Å². The molecule has 25 heavy (non-hydrogen) atoms. The van der Waals surface area contributed by atoms with Crippen LogP contribution in [-0.4, -0.2) is 68.4 Å². The van der Waals surface area contributed by atoms with Crippen molar-refractivity contribution in [2.45, 2.75) is 6.92 Å². The number of ether oxygens (including phenoxy) is 2. The monoisotopic (exact) mass is 354 g/mol. The minimum Gasteiger partial charge on any atom is -0.382 e. The number of aryl methyl sites for hydroxylation is 1. The number of aliphatic imine (C=N–C) groups is 1. The van der Waals surface area contributed by atoms with Crippen LogP contribution in [0.5, 0.6) is 0 Å². The van der Waals surface area contributed by atoms with Crippen LogP contribution in [0.1, 0.15) is 16.2 Å². The Hall–Kier alpha value is -2.50. The second kappa shape index (κ2) is 11.1. The Labute approximate surface area is 146 Å². The zero-order chi connectivity index (χ0) is 18.7. The number of guanidine groups is 1. The van der Waals surface area contributed by atoms with E-state index in [1.807, 2.05) is 7.05 Å². The molecule has 8 N–H and O–H groups in total. The van der Waals surface area contributed by atoms with Crippen LogP contribution in [0, 0.1) is 6.92 Å². The van der Waals surface area contributed by atoms with E-state index in [4.69, 9.17) is 26.7 Å². The Balaban J connectivity index is 2.31. The zero-order valence-corrected chi connectivity index (χ0v) is 14.5. The topological polar surface area (TPSA) is 176 Å². The third-order valence-corrected chi connectivity index (χ3v) is 2.98. The second-order valence-corrected chi connectivity index (χ2v) is 4.98. The number of nitrogens with two attached hydrogens (primary N) is 3. The van der Waals surface area contributed by atoms with E-state index in [9.17, 15) is 4.79 Å². The highest BCUT2D eigenvalue weighted by atomic mass is 16.5. The Morgan fingerprint density at radius 2 is 1.80 bits per heavy atom. The molecule has 0 atom stereocenters. The van der Waals surface area contributed by atoms with Gasteiger partial charge in [0, 0.05) is 6.54 Å². The summed E-state index contributed by atoms with van der Waals surface area (Å²) in [4.78, 5) is 23.9. The molecule has 1 aromatic rings. The number of hydrogen-bond donors (Lipinski definition) is 5. The maximum Gasteiger partial charge on any atom is 0.280 e. The minimum absolute atomic E-state index is 0.0557. The molecule has 0 aliphatic carbocycles. The number of nitrogens with zero attached hydrogens (tertiary/aromatic N) is 3. The highest BCUT2D eigenvalue weighted by Gasteiger charge is 2.15. The number of amides is 1. The van der Waals surface area contributed by atoms with Crippen molar-refractivity contribution in [3.8, 4) is 0 Å². The fourth-order valence-electron chi connectivity index (χ4n) is 1.65. The van der Waals surface area contributed by atoms with Crippen LogP contribution >= 0.6 is 0 Å². The maximum atomic E-state index is 12.1. The van der Waals surface area contributed by atoms with E-state index >= 15 is 0 Å². The van der Waals surface area contributed by atoms with Gasteiger partial charge in [0.1, 0.15) is 5.82 Å². The van der Waals surface area contributed by atoms with Crippen molar-refractivity contribution in [2.75, 3.05) is 58.0 Å². The average molecular weight is 354 g/mol. The van der Waals surface area contributed by atoms with Crippen LogP contribution in [0.25, 0.3) is 0 Å². The zero-order valence-electron chi connectivity index (χ0n) is 14.5. The van der Waals surface area contributed by atoms with E-state index in [2.05, 4.69) is 25.6 Å². The highest BCUT2D eigenvalue weighted by molar-refractivity contribution is 6.06. The first-order valence-corrected chi connectivity index (χ1v) is 7.76. The molecule has 0 fully saturated rings. The van der Waals surface area contributed by atoms with Crippen LogP contribution in [0.4, 0.5) is 11.6 Å². The summed E-state index contributed by atoms with van der Waals surface area (Å²) in [7, 11) is 1.86. The van der Waals surface area contributed by atoms with Crippen LogP contribution in [0.3, 0.4) is 0 Å². The van der Waals surface area contributed by atoms with Crippen molar-refractivity contribution >= 4 is 23.5 Å². The van der Waals surface area contributed by atoms with Gasteiger partial charge in [-0.15, -0.1) is 0 Å². The van der Waals surface area contributed by atoms with Gasteiger partial charge in [0.25, 0.3) is 5.91 Å². The van der Waals surface area contributed by atoms with Crippen LogP contribution in [0.2, 0.25) is 0 Å². The largest absolute Gasteiger partial charge is 0.382 e. The van der Waals surface area contributed by atoms with Gasteiger partial charge < -0.3 is 32.0 Å². The number of nitrogen functional groups attached to an aromatic ring is 2. The first kappa shape index (κ1) is 20.5. The minimum atomic E-state index is -0.604. The molecule has 0 aromatic carbocycles. The number of hydrogen-bond acceptors (Lipinski definition) is 9. The molecule has 1 amide bonds. The summed E-state index contributed by atoms with van der Waals surface area (Å²) >= 11 is 0. The molecule has 0 aliphatic rings. The molecule has 0 saturated heterocycles. The fourth-order valence-corrected chi connectivity index (χ4v) is 1.65. The molecule has 11 nitrogen and oxygen atoms in total. The molecule has 0 unspecified atom stereocenters. The lowest BCUT2D eigenvalue weighted by Gasteiger charge is -2.08. The van der Waals surface area contributed by atoms with E-state index in [-0.39, 0.29) is 23.3 Å². The normalized spacial score (nSPS) is 11.5. The smallest absolute Gasteiger partial charge is 0.280 e. The Kier molecular flexibility index (Phi) is 9.14. The first-order chi connectivity index (χ1) is 12.0. The van der Waals surface area contributed by atoms with Crippen molar-refractivity contribution in [2.24, 2.45) is 10.7 Å². The third-order valence-electron chi connectivity index (χ3n) is 2.98. The van der Waals surface area contributed by atoms with E-state index in [1.165, 1.54) is 0 Å². The van der Waals surface area contributed by atoms with Crippen molar-refractivity contribution in [1.29, 1.82) is 0 Å². The number of nitrogens with one attached hydrogen (secondary N) is 2. The molecular weight excluding hydrogens is 328 g/mol. The molecule has 0 bridgehead atoms. The average Bonchev–Trinajstić information content (AvgIpc) is 2.56. The second-order valence-electron chi connectivity index (χ2n) is 4.98. The van der Waals surface area contributed by atoms with Crippen molar-refractivity contribution < 1.29 is 14.3 Å². The van der Waals surface area contributed by atoms with E-state index in [0.717, 1.165) is 6.54 Å². The number of anilines is 2. The summed E-state index contributed by atoms with van der Waals surface area (Å²) in [6.07, 6.45) is 0. The van der Waals surface area contributed by atoms with Crippen LogP contribution < -0.4 is 27.8 Å². The summed E-state index contributed by atoms with van der Waals surface area (Å²) in [5.74, 6) is -0.569. The third kappa shape index (κ3) is 7.74. The number of carbonyl (C=O) groups excluding carboxylic acids is 1. The van der Waals surface area contributed by atoms with Gasteiger partial charge in [0.15, 0.2) is 17.5 Å². The number of rotatable bonds is 10. The first-order valence-electron chi connectivity index (χ1n) is 7.76. The molecule has 0 aliphatic heterocycles. The van der Waals surface area contributed by atoms with Gasteiger partial charge in [-0.3, -0.25) is 15.1 Å². The summed E-state index contributed by atoms with van der Waals surface area (Å²) in [6.45, 7) is 4.67. The van der Waals surface area contributed by atoms with Crippen LogP contribution in [-0.2, 0) is 9.47 Å². The molecule has 0 saturated carbocycles. The van der Waals surface area contributed by atoms with Gasteiger partial charge >= 0.3 is 0 Å². The molecule has 140 valence electrons. The summed E-state index contributed by atoms with van der Waals surface area (Å²) < 4.78 is 10.6. The molecule has 1 aromatic heterocycles. The van der Waals surface area contributed by atoms with Crippen molar-refractivity contribution in [3.63, 3.8) is 0 Å². The Morgan fingerprint density at radius 1 is 1.12 bits per heavy atom. The van der Waals surface area contributed by atoms with E-state index < -0.39 is 5.91 Å². The molecule has 11 heteroatoms. The van der Waals surface area contributed by atoms with Gasteiger partial charge in [0.05, 0.1) is 38.7 Å². The van der Waals surface area contributed by atoms with E-state index in [1.54, 1.807) is 6.92 Å². The number of likely N-dealkylation sites (N-methyl/N-ethyl adjacent to an activating group) is 1. The Morgan fingerprint density at radius 3 is 2.48 bits per heavy atom. The summed E-state index contributed by atoms with van der Waals surface area (Å²) in [5.41, 5.74) is 17.2. The van der Waals surface area contributed by atoms with Crippen LogP contribution in [0.15, 0.2) is 4.99 Å². The standard InChI is InChI=1S/C14H26N8O3/c1-9-11(15)21-12(16)10(20-9)13(23)22-14(17)19-4-6-25-8-7-24-5-3-18-2/h18H,3-8H2,1-2H3,(H4,15,16,21)(H3,17,19,22,23). The number of aromatic nitrogens is 2. The fraction of sp³-hybridized carbons (Fsp3) is 0.571. The lowest BCUT2D eigenvalue weighted by Crippen LogP contribution is -2.38. The van der Waals surface area contributed by atoms with Gasteiger partial charge in [-0.2, -0.15) is 0 Å². The molecule has 0 radical (unpaired) electrons. The SMILES string of the molecule is CNCCOCCOCCN=C(N)NC(=O)c1nc(C)c(N)nc1N. The molecular formula is C14H26N8O3. The van der Waals surface area contributed by atoms with E-state index in [0.29, 0.717) is 38.7 Å². The summed E-state index contributed by atoms with van der Waals surface area (Å²) in [6, 6.07) is 0.